The van der Waals surface area contributed by atoms with E-state index in [0.717, 1.165) is 71.8 Å². The van der Waals surface area contributed by atoms with Gasteiger partial charge in [-0.1, -0.05) is 199 Å². The molecule has 446 valence electrons. The summed E-state index contributed by atoms with van der Waals surface area (Å²) in [5.74, 6) is 2.39. The quantitative estimate of drug-likeness (QED) is 0.0453. The Hall–Kier alpha value is -8.60. The number of hydrogen-bond acceptors (Lipinski definition) is 4. The van der Waals surface area contributed by atoms with Crippen LogP contribution in [0, 0.1) is 34.6 Å². The molecule has 10 aromatic rings. The molecule has 4 heteroatoms. The molecule has 3 aliphatic carbocycles. The lowest BCUT2D eigenvalue weighted by atomic mass is 9.82. The minimum absolute atomic E-state index is 0.198. The summed E-state index contributed by atoms with van der Waals surface area (Å²) in [7, 11) is 0. The average molecular weight is 1160 g/mol. The maximum Gasteiger partial charge on any atom is 0.158 e. The summed E-state index contributed by atoms with van der Waals surface area (Å²) in [6.45, 7) is 26.0. The number of nitrogens with zero attached hydrogens (tertiary/aromatic N) is 2. The maximum absolute atomic E-state index is 12.9. The molecule has 1 aromatic heterocycles. The van der Waals surface area contributed by atoms with E-state index in [1.807, 2.05) is 32.1 Å². The predicted octanol–water partition coefficient (Wildman–Crippen LogP) is 24.5. The molecule has 4 nitrogen and oxygen atoms in total. The molecule has 1 heterocycles. The van der Waals surface area contributed by atoms with Gasteiger partial charge in [0.25, 0.3) is 0 Å². The van der Waals surface area contributed by atoms with Crippen molar-refractivity contribution in [2.24, 2.45) is 0 Å². The summed E-state index contributed by atoms with van der Waals surface area (Å²) in [6.07, 6.45) is 25.8. The smallest absolute Gasteiger partial charge is 0.158 e. The van der Waals surface area contributed by atoms with Gasteiger partial charge in [0.15, 0.2) is 5.58 Å². The highest BCUT2D eigenvalue weighted by atomic mass is 16.3. The van der Waals surface area contributed by atoms with Crippen LogP contribution in [0.25, 0.3) is 48.9 Å². The Morgan fingerprint density at radius 2 is 1.15 bits per heavy atom. The summed E-state index contributed by atoms with van der Waals surface area (Å²) in [5.41, 5.74) is 22.0. The summed E-state index contributed by atoms with van der Waals surface area (Å²) < 4.78 is 7.52. The van der Waals surface area contributed by atoms with Crippen molar-refractivity contribution in [1.82, 2.24) is 0 Å². The van der Waals surface area contributed by atoms with Gasteiger partial charge in [-0.2, -0.15) is 0 Å². The molecule has 2 saturated carbocycles. The molecule has 1 N–H and O–H groups in total. The third-order valence-electron chi connectivity index (χ3n) is 19.9. The SMILES string of the molecule is C=C/C=C\C(C(=C)/C=C\C=C(/C)c1ccccc1C)=C(\O)CN(c1ccc(C)c(C)c1)c1cc(C2CCCC2)c2ccc3c(N(c4ccc(C)c(C)c4)c4cccc5c6c(oc45)C(c4ccccc4)CCCC6)cc(C4CCCC4)c4ccc1c2c43.CC. The summed E-state index contributed by atoms with van der Waals surface area (Å²) in [4.78, 5) is 4.96. The van der Waals surface area contributed by atoms with Crippen LogP contribution in [0.1, 0.15) is 171 Å². The van der Waals surface area contributed by atoms with Crippen LogP contribution in [0.5, 0.6) is 0 Å². The van der Waals surface area contributed by atoms with Gasteiger partial charge < -0.3 is 19.3 Å². The van der Waals surface area contributed by atoms with E-state index in [-0.39, 0.29) is 18.2 Å². The van der Waals surface area contributed by atoms with Crippen molar-refractivity contribution in [1.29, 1.82) is 0 Å². The third kappa shape index (κ3) is 11.4. The van der Waals surface area contributed by atoms with Crippen LogP contribution in [-0.2, 0) is 6.42 Å². The van der Waals surface area contributed by atoms with Gasteiger partial charge >= 0.3 is 0 Å². The number of rotatable bonds is 16. The van der Waals surface area contributed by atoms with Crippen LogP contribution < -0.4 is 9.80 Å². The summed E-state index contributed by atoms with van der Waals surface area (Å²) >= 11 is 0. The standard InChI is InChI=1S/C82H82N2O2.C2H6/c1-9-10-33-65(56(6)26-22-25-55(5)64-34-19-14-24-54(64)4)78(85)51-83(62-41-39-52(2)57(7)47-62)76-49-73(60-29-15-16-30-60)67-44-46-72-77(50-74(61-31-17-18-32-61)68-43-45-71(76)79(67)80(68)72)84(63-42-40-53(3)58(8)48-63)75-38-23-37-70-69-36-21-20-35-66(81(69)86-82(70)75)59-27-12-11-13-28-59;1-2/h9-14,19,22-28,33-34,37-50,60-61,66,85H,1,6,15-18,20-21,29-32,35-36,51H2,2-5,7-8H3;1-2H3/b26-22-,33-10-,55-25+,78-65-;. The molecule has 88 heavy (non-hydrogen) atoms. The highest BCUT2D eigenvalue weighted by molar-refractivity contribution is 6.29. The van der Waals surface area contributed by atoms with E-state index in [1.54, 1.807) is 6.08 Å². The Kier molecular flexibility index (Phi) is 17.6. The maximum atomic E-state index is 12.9. The zero-order valence-electron chi connectivity index (χ0n) is 53.4. The summed E-state index contributed by atoms with van der Waals surface area (Å²) in [6, 6.07) is 55.2. The Balaban J connectivity index is 0.00000373. The molecule has 1 unspecified atom stereocenters. The van der Waals surface area contributed by atoms with Crippen molar-refractivity contribution < 1.29 is 9.52 Å². The van der Waals surface area contributed by atoms with Gasteiger partial charge in [-0.3, -0.25) is 0 Å². The van der Waals surface area contributed by atoms with Crippen molar-refractivity contribution in [3.05, 3.63) is 274 Å². The van der Waals surface area contributed by atoms with Crippen LogP contribution in [0.3, 0.4) is 0 Å². The molecule has 2 fully saturated rings. The molecular formula is C84H88N2O2. The first-order chi connectivity index (χ1) is 42.9. The Morgan fingerprint density at radius 1 is 0.557 bits per heavy atom. The molecule has 0 radical (unpaired) electrons. The fourth-order valence-electron chi connectivity index (χ4n) is 15.0. The normalized spacial score (nSPS) is 16.2. The van der Waals surface area contributed by atoms with Gasteiger partial charge in [0.05, 0.1) is 17.9 Å². The van der Waals surface area contributed by atoms with Crippen LogP contribution >= 0.6 is 0 Å². The second kappa shape index (κ2) is 26.0. The summed E-state index contributed by atoms with van der Waals surface area (Å²) in [5, 5.41) is 21.9. The number of aryl methyl sites for hydroxylation is 6. The fraction of sp³-hybridized carbons (Fsp3) is 0.286. The van der Waals surface area contributed by atoms with Gasteiger partial charge in [0.2, 0.25) is 0 Å². The number of benzene rings is 9. The number of anilines is 5. The molecule has 0 aliphatic heterocycles. The number of fused-ring (bicyclic) bond motifs is 3. The monoisotopic (exact) mass is 1160 g/mol. The minimum atomic E-state index is 0.198. The molecule has 3 aliphatic rings. The number of hydrogen-bond donors (Lipinski definition) is 1. The molecule has 0 spiro atoms. The van der Waals surface area contributed by atoms with Gasteiger partial charge in [-0.25, -0.2) is 0 Å². The lowest BCUT2D eigenvalue weighted by molar-refractivity contribution is 0.399. The molecule has 9 aromatic carbocycles. The van der Waals surface area contributed by atoms with Crippen molar-refractivity contribution >= 4 is 77.3 Å². The lowest BCUT2D eigenvalue weighted by Gasteiger charge is -2.32. The lowest BCUT2D eigenvalue weighted by Crippen LogP contribution is -2.22. The van der Waals surface area contributed by atoms with Crippen molar-refractivity contribution in [3.63, 3.8) is 0 Å². The predicted molar refractivity (Wildman–Crippen MR) is 379 cm³/mol. The average Bonchev–Trinajstić information content (AvgIpc) is 0.812. The van der Waals surface area contributed by atoms with E-state index < -0.39 is 0 Å². The number of allylic oxidation sites excluding steroid dienone is 9. The Bertz CT molecular complexity index is 4360. The van der Waals surface area contributed by atoms with E-state index in [9.17, 15) is 5.11 Å². The van der Waals surface area contributed by atoms with Crippen LogP contribution in [0.4, 0.5) is 28.4 Å². The van der Waals surface area contributed by atoms with Crippen LogP contribution in [-0.4, -0.2) is 11.7 Å². The first-order valence-corrected chi connectivity index (χ1v) is 32.9. The molecule has 1 atom stereocenters. The minimum Gasteiger partial charge on any atom is -0.510 e. The fourth-order valence-corrected chi connectivity index (χ4v) is 15.0. The molecule has 0 amide bonds. The third-order valence-corrected chi connectivity index (χ3v) is 19.9. The van der Waals surface area contributed by atoms with Crippen molar-refractivity contribution in [2.75, 3.05) is 16.3 Å². The van der Waals surface area contributed by atoms with Gasteiger partial charge in [0.1, 0.15) is 11.5 Å². The van der Waals surface area contributed by atoms with E-state index in [2.05, 4.69) is 222 Å². The largest absolute Gasteiger partial charge is 0.510 e. The second-order valence-electron chi connectivity index (χ2n) is 25.3. The number of aliphatic hydroxyl groups excluding tert-OH is 1. The Labute approximate surface area is 524 Å². The van der Waals surface area contributed by atoms with Gasteiger partial charge in [-0.05, 0) is 224 Å². The zero-order chi connectivity index (χ0) is 61.2. The van der Waals surface area contributed by atoms with Gasteiger partial charge in [0, 0.05) is 50.3 Å². The number of aliphatic hydroxyl groups is 1. The second-order valence-corrected chi connectivity index (χ2v) is 25.3. The number of furan rings is 1. The van der Waals surface area contributed by atoms with Crippen LogP contribution in [0.15, 0.2) is 217 Å². The Morgan fingerprint density at radius 3 is 1.80 bits per heavy atom. The number of para-hydroxylation sites is 1. The first-order valence-electron chi connectivity index (χ1n) is 32.9. The zero-order valence-corrected chi connectivity index (χ0v) is 53.4. The van der Waals surface area contributed by atoms with Crippen LogP contribution in [0.2, 0.25) is 0 Å². The van der Waals surface area contributed by atoms with E-state index in [0.29, 0.717) is 23.0 Å². The first kappa shape index (κ1) is 59.7. The molecule has 13 rings (SSSR count). The molecule has 0 bridgehead atoms. The molecular weight excluding hydrogens is 1070 g/mol. The topological polar surface area (TPSA) is 39.9 Å². The van der Waals surface area contributed by atoms with Crippen molar-refractivity contribution in [3.8, 4) is 0 Å². The highest BCUT2D eigenvalue weighted by Crippen LogP contribution is 2.54. The van der Waals surface area contributed by atoms with E-state index in [4.69, 9.17) is 4.42 Å². The van der Waals surface area contributed by atoms with Crippen molar-refractivity contribution in [2.45, 2.75) is 150 Å². The van der Waals surface area contributed by atoms with Gasteiger partial charge in [-0.15, -0.1) is 0 Å². The molecule has 0 saturated heterocycles. The highest BCUT2D eigenvalue weighted by Gasteiger charge is 2.33. The van der Waals surface area contributed by atoms with E-state index >= 15 is 0 Å². The van der Waals surface area contributed by atoms with E-state index in [1.165, 1.54) is 144 Å².